The molecular formula is C11H13BrClN5. The molecule has 2 aromatic rings. The maximum Gasteiger partial charge on any atom is 0.224 e. The topological polar surface area (TPSA) is 55.6 Å². The number of aromatic nitrogens is 4. The molecule has 0 aliphatic rings. The van der Waals surface area contributed by atoms with Crippen molar-refractivity contribution >= 4 is 33.3 Å². The van der Waals surface area contributed by atoms with Crippen LogP contribution in [-0.2, 0) is 13.6 Å². The maximum absolute atomic E-state index is 5.77. The highest BCUT2D eigenvalue weighted by atomic mass is 79.9. The molecule has 5 nitrogen and oxygen atoms in total. The Hall–Kier alpha value is -1.14. The number of hydrogen-bond acceptors (Lipinski definition) is 4. The van der Waals surface area contributed by atoms with Gasteiger partial charge in [-0.05, 0) is 41.4 Å². The van der Waals surface area contributed by atoms with Crippen molar-refractivity contribution in [2.45, 2.75) is 20.4 Å². The third-order valence-electron chi connectivity index (χ3n) is 2.81. The van der Waals surface area contributed by atoms with Crippen molar-refractivity contribution in [3.63, 3.8) is 0 Å². The lowest BCUT2D eigenvalue weighted by molar-refractivity contribution is 0.730. The fourth-order valence-electron chi connectivity index (χ4n) is 1.71. The average molecular weight is 331 g/mol. The number of aryl methyl sites for hydroxylation is 2. The summed E-state index contributed by atoms with van der Waals surface area (Å²) in [5.74, 6) is 0.678. The minimum absolute atomic E-state index is 0.223. The molecule has 0 radical (unpaired) electrons. The lowest BCUT2D eigenvalue weighted by Gasteiger charge is -2.07. The molecule has 0 spiro atoms. The van der Waals surface area contributed by atoms with Gasteiger partial charge >= 0.3 is 0 Å². The molecule has 0 bridgehead atoms. The number of anilines is 1. The summed E-state index contributed by atoms with van der Waals surface area (Å²) in [6, 6.07) is 0. The summed E-state index contributed by atoms with van der Waals surface area (Å²) in [6.45, 7) is 4.68. The molecule has 1 N–H and O–H groups in total. The van der Waals surface area contributed by atoms with E-state index in [0.29, 0.717) is 12.4 Å². The molecule has 0 unspecified atom stereocenters. The molecule has 0 saturated carbocycles. The normalized spacial score (nSPS) is 10.7. The Labute approximate surface area is 119 Å². The highest BCUT2D eigenvalue weighted by Crippen LogP contribution is 2.21. The van der Waals surface area contributed by atoms with Gasteiger partial charge in [-0.2, -0.15) is 10.1 Å². The van der Waals surface area contributed by atoms with Crippen molar-refractivity contribution in [1.29, 1.82) is 0 Å². The van der Waals surface area contributed by atoms with E-state index in [-0.39, 0.29) is 5.28 Å². The Kier molecular flexibility index (Phi) is 3.87. The van der Waals surface area contributed by atoms with Gasteiger partial charge < -0.3 is 5.32 Å². The van der Waals surface area contributed by atoms with Gasteiger partial charge in [0.15, 0.2) is 0 Å². The van der Waals surface area contributed by atoms with Crippen molar-refractivity contribution in [1.82, 2.24) is 19.7 Å². The summed E-state index contributed by atoms with van der Waals surface area (Å²) < 4.78 is 2.65. The summed E-state index contributed by atoms with van der Waals surface area (Å²) in [5.41, 5.74) is 3.31. The van der Waals surface area contributed by atoms with Gasteiger partial charge in [0.25, 0.3) is 0 Å². The summed E-state index contributed by atoms with van der Waals surface area (Å²) in [7, 11) is 1.93. The van der Waals surface area contributed by atoms with E-state index in [1.807, 2.05) is 25.6 Å². The van der Waals surface area contributed by atoms with E-state index in [4.69, 9.17) is 11.6 Å². The van der Waals surface area contributed by atoms with Gasteiger partial charge in [-0.15, -0.1) is 0 Å². The SMILES string of the molecule is Cc1nn(C)c(C)c1CNc1nc(Cl)ncc1Br. The Balaban J connectivity index is 2.19. The molecular weight excluding hydrogens is 318 g/mol. The van der Waals surface area contributed by atoms with E-state index in [9.17, 15) is 0 Å². The standard InChI is InChI=1S/C11H13BrClN5/c1-6-8(7(2)18(3)17-6)4-14-10-9(12)5-15-11(13)16-10/h5H,4H2,1-3H3,(H,14,15,16). The first-order valence-corrected chi connectivity index (χ1v) is 6.57. The third-order valence-corrected chi connectivity index (χ3v) is 3.57. The summed E-state index contributed by atoms with van der Waals surface area (Å²) in [5, 5.41) is 7.82. The van der Waals surface area contributed by atoms with Crippen LogP contribution in [0.4, 0.5) is 5.82 Å². The van der Waals surface area contributed by atoms with Crippen LogP contribution < -0.4 is 5.32 Å². The van der Waals surface area contributed by atoms with Crippen LogP contribution in [0.15, 0.2) is 10.7 Å². The maximum atomic E-state index is 5.77. The van der Waals surface area contributed by atoms with Crippen LogP contribution in [0.2, 0.25) is 5.28 Å². The average Bonchev–Trinajstić information content (AvgIpc) is 2.55. The Bertz CT molecular complexity index is 581. The van der Waals surface area contributed by atoms with E-state index in [1.165, 1.54) is 5.56 Å². The third kappa shape index (κ3) is 2.64. The molecule has 18 heavy (non-hydrogen) atoms. The Morgan fingerprint density at radius 3 is 2.78 bits per heavy atom. The molecule has 0 fully saturated rings. The van der Waals surface area contributed by atoms with E-state index < -0.39 is 0 Å². The summed E-state index contributed by atoms with van der Waals surface area (Å²) in [4.78, 5) is 8.01. The van der Waals surface area contributed by atoms with Crippen molar-refractivity contribution in [3.8, 4) is 0 Å². The molecule has 96 valence electrons. The number of nitrogens with one attached hydrogen (secondary N) is 1. The van der Waals surface area contributed by atoms with Crippen LogP contribution in [0.3, 0.4) is 0 Å². The molecule has 0 aliphatic heterocycles. The smallest absolute Gasteiger partial charge is 0.224 e. The first-order valence-electron chi connectivity index (χ1n) is 5.40. The molecule has 7 heteroatoms. The zero-order valence-electron chi connectivity index (χ0n) is 10.3. The van der Waals surface area contributed by atoms with E-state index >= 15 is 0 Å². The second kappa shape index (κ2) is 5.24. The van der Waals surface area contributed by atoms with Gasteiger partial charge in [-0.3, -0.25) is 4.68 Å². The molecule has 2 rings (SSSR count). The van der Waals surface area contributed by atoms with Gasteiger partial charge in [0.05, 0.1) is 10.2 Å². The van der Waals surface area contributed by atoms with Crippen molar-refractivity contribution < 1.29 is 0 Å². The quantitative estimate of drug-likeness (QED) is 0.879. The minimum Gasteiger partial charge on any atom is -0.365 e. The molecule has 0 aliphatic carbocycles. The van der Waals surface area contributed by atoms with E-state index in [0.717, 1.165) is 15.9 Å². The van der Waals surface area contributed by atoms with Gasteiger partial charge in [0.1, 0.15) is 5.82 Å². The monoisotopic (exact) mass is 329 g/mol. The Morgan fingerprint density at radius 2 is 2.17 bits per heavy atom. The van der Waals surface area contributed by atoms with Crippen LogP contribution in [0, 0.1) is 13.8 Å². The fourth-order valence-corrected chi connectivity index (χ4v) is 2.18. The first-order chi connectivity index (χ1) is 8.49. The molecule has 2 heterocycles. The zero-order valence-corrected chi connectivity index (χ0v) is 12.7. The zero-order chi connectivity index (χ0) is 13.3. The second-order valence-corrected chi connectivity index (χ2v) is 5.15. The highest BCUT2D eigenvalue weighted by Gasteiger charge is 2.10. The van der Waals surface area contributed by atoms with Gasteiger partial charge in [0, 0.05) is 31.0 Å². The lowest BCUT2D eigenvalue weighted by Crippen LogP contribution is -2.05. The Morgan fingerprint density at radius 1 is 1.44 bits per heavy atom. The van der Waals surface area contributed by atoms with Crippen LogP contribution in [0.1, 0.15) is 17.0 Å². The number of rotatable bonds is 3. The van der Waals surface area contributed by atoms with E-state index in [2.05, 4.69) is 36.3 Å². The summed E-state index contributed by atoms with van der Waals surface area (Å²) in [6.07, 6.45) is 1.63. The van der Waals surface area contributed by atoms with Gasteiger partial charge in [-0.1, -0.05) is 0 Å². The van der Waals surface area contributed by atoms with Crippen LogP contribution in [0.5, 0.6) is 0 Å². The largest absolute Gasteiger partial charge is 0.365 e. The van der Waals surface area contributed by atoms with Crippen molar-refractivity contribution in [3.05, 3.63) is 32.9 Å². The predicted molar refractivity (Wildman–Crippen MR) is 74.8 cm³/mol. The fraction of sp³-hybridized carbons (Fsp3) is 0.364. The predicted octanol–water partition coefficient (Wildman–Crippen LogP) is 2.85. The van der Waals surface area contributed by atoms with Crippen LogP contribution >= 0.6 is 27.5 Å². The lowest BCUT2D eigenvalue weighted by atomic mass is 10.2. The van der Waals surface area contributed by atoms with Gasteiger partial charge in [0.2, 0.25) is 5.28 Å². The minimum atomic E-state index is 0.223. The molecule has 2 aromatic heterocycles. The molecule has 0 saturated heterocycles. The molecule has 0 amide bonds. The number of halogens is 2. The first kappa shape index (κ1) is 13.3. The van der Waals surface area contributed by atoms with Crippen LogP contribution in [-0.4, -0.2) is 19.7 Å². The van der Waals surface area contributed by atoms with Crippen LogP contribution in [0.25, 0.3) is 0 Å². The second-order valence-electron chi connectivity index (χ2n) is 3.96. The van der Waals surface area contributed by atoms with E-state index in [1.54, 1.807) is 6.20 Å². The van der Waals surface area contributed by atoms with Crippen molar-refractivity contribution in [2.24, 2.45) is 7.05 Å². The number of hydrogen-bond donors (Lipinski definition) is 1. The molecule has 0 aromatic carbocycles. The van der Waals surface area contributed by atoms with Gasteiger partial charge in [-0.25, -0.2) is 4.98 Å². The number of nitrogens with zero attached hydrogens (tertiary/aromatic N) is 4. The van der Waals surface area contributed by atoms with Crippen molar-refractivity contribution in [2.75, 3.05) is 5.32 Å². The highest BCUT2D eigenvalue weighted by molar-refractivity contribution is 9.10. The molecule has 0 atom stereocenters. The summed E-state index contributed by atoms with van der Waals surface area (Å²) >= 11 is 9.14.